The Kier molecular flexibility index (Phi) is 4.99. The van der Waals surface area contributed by atoms with E-state index in [1.54, 1.807) is 0 Å². The van der Waals surface area contributed by atoms with Crippen molar-refractivity contribution in [2.45, 2.75) is 31.5 Å². The second kappa shape index (κ2) is 6.13. The van der Waals surface area contributed by atoms with Gasteiger partial charge in [0, 0.05) is 0 Å². The van der Waals surface area contributed by atoms with Gasteiger partial charge in [-0.05, 0) is 31.9 Å². The van der Waals surface area contributed by atoms with Crippen LogP contribution in [0.25, 0.3) is 0 Å². The first kappa shape index (κ1) is 16.3. The van der Waals surface area contributed by atoms with Crippen LogP contribution in [-0.4, -0.2) is 18.1 Å². The highest BCUT2D eigenvalue weighted by Gasteiger charge is 2.34. The number of halogens is 3. The SMILES string of the molecule is CC(N)(CCCOc1ccccc1C(F)(F)F)C(N)=O. The molecule has 4 nitrogen and oxygen atoms in total. The highest BCUT2D eigenvalue weighted by Crippen LogP contribution is 2.35. The van der Waals surface area contributed by atoms with Gasteiger partial charge in [-0.3, -0.25) is 4.79 Å². The van der Waals surface area contributed by atoms with E-state index in [0.29, 0.717) is 6.42 Å². The summed E-state index contributed by atoms with van der Waals surface area (Å²) in [6, 6.07) is 4.95. The Morgan fingerprint density at radius 3 is 2.45 bits per heavy atom. The van der Waals surface area contributed by atoms with Gasteiger partial charge in [-0.2, -0.15) is 13.2 Å². The molecule has 4 N–H and O–H groups in total. The monoisotopic (exact) mass is 290 g/mol. The summed E-state index contributed by atoms with van der Waals surface area (Å²) in [5.74, 6) is -0.897. The Balaban J connectivity index is 2.58. The van der Waals surface area contributed by atoms with Crippen molar-refractivity contribution in [3.63, 3.8) is 0 Å². The molecule has 0 bridgehead atoms. The van der Waals surface area contributed by atoms with E-state index in [0.717, 1.165) is 6.07 Å². The van der Waals surface area contributed by atoms with Gasteiger partial charge in [0.25, 0.3) is 0 Å². The number of nitrogens with two attached hydrogens (primary N) is 2. The standard InChI is InChI=1S/C13H17F3N2O2/c1-12(18,11(17)19)7-4-8-20-10-6-3-2-5-9(10)13(14,15)16/h2-3,5-6H,4,7-8,18H2,1H3,(H2,17,19). The number of ether oxygens (including phenoxy) is 1. The zero-order valence-electron chi connectivity index (χ0n) is 11.0. The molecule has 0 radical (unpaired) electrons. The predicted molar refractivity (Wildman–Crippen MR) is 68.0 cm³/mol. The second-order valence-electron chi connectivity index (χ2n) is 4.73. The second-order valence-corrected chi connectivity index (χ2v) is 4.73. The molecule has 20 heavy (non-hydrogen) atoms. The van der Waals surface area contributed by atoms with Crippen molar-refractivity contribution in [1.82, 2.24) is 0 Å². The normalized spacial score (nSPS) is 14.7. The van der Waals surface area contributed by atoms with Crippen molar-refractivity contribution < 1.29 is 22.7 Å². The van der Waals surface area contributed by atoms with Crippen molar-refractivity contribution in [2.24, 2.45) is 11.5 Å². The van der Waals surface area contributed by atoms with Gasteiger partial charge in [-0.15, -0.1) is 0 Å². The Hall–Kier alpha value is -1.76. The first-order valence-corrected chi connectivity index (χ1v) is 6.02. The van der Waals surface area contributed by atoms with Crippen LogP contribution in [0.15, 0.2) is 24.3 Å². The van der Waals surface area contributed by atoms with Gasteiger partial charge in [-0.1, -0.05) is 12.1 Å². The van der Waals surface area contributed by atoms with E-state index in [1.807, 2.05) is 0 Å². The molecule has 1 unspecified atom stereocenters. The highest BCUT2D eigenvalue weighted by atomic mass is 19.4. The molecule has 1 aromatic rings. The molecule has 1 atom stereocenters. The lowest BCUT2D eigenvalue weighted by Gasteiger charge is -2.20. The number of rotatable bonds is 6. The number of primary amides is 1. The van der Waals surface area contributed by atoms with E-state index in [-0.39, 0.29) is 18.8 Å². The molecule has 1 aromatic carbocycles. The molecule has 0 aromatic heterocycles. The Morgan fingerprint density at radius 1 is 1.30 bits per heavy atom. The molecule has 112 valence electrons. The number of carbonyl (C=O) groups excluding carboxylic acids is 1. The molecule has 1 amide bonds. The average Bonchev–Trinajstić information content (AvgIpc) is 2.34. The summed E-state index contributed by atoms with van der Waals surface area (Å²) in [7, 11) is 0. The number of alkyl halides is 3. The van der Waals surface area contributed by atoms with Crippen LogP contribution < -0.4 is 16.2 Å². The van der Waals surface area contributed by atoms with Gasteiger partial charge >= 0.3 is 6.18 Å². The predicted octanol–water partition coefficient (Wildman–Crippen LogP) is 2.07. The van der Waals surface area contributed by atoms with Crippen LogP contribution in [0.2, 0.25) is 0 Å². The summed E-state index contributed by atoms with van der Waals surface area (Å²) in [6.45, 7) is 1.49. The summed E-state index contributed by atoms with van der Waals surface area (Å²) in [5.41, 5.74) is 8.70. The van der Waals surface area contributed by atoms with Crippen LogP contribution in [0.1, 0.15) is 25.3 Å². The molecule has 0 heterocycles. The van der Waals surface area contributed by atoms with Gasteiger partial charge in [0.2, 0.25) is 5.91 Å². The third-order valence-electron chi connectivity index (χ3n) is 2.85. The third kappa shape index (κ3) is 4.41. The first-order chi connectivity index (χ1) is 9.14. The van der Waals surface area contributed by atoms with Crippen molar-refractivity contribution in [3.05, 3.63) is 29.8 Å². The van der Waals surface area contributed by atoms with Crippen molar-refractivity contribution in [2.75, 3.05) is 6.61 Å². The van der Waals surface area contributed by atoms with Crippen LogP contribution in [0.3, 0.4) is 0 Å². The van der Waals surface area contributed by atoms with Gasteiger partial charge < -0.3 is 16.2 Å². The summed E-state index contributed by atoms with van der Waals surface area (Å²) in [6.07, 6.45) is -3.91. The van der Waals surface area contributed by atoms with E-state index in [9.17, 15) is 18.0 Å². The topological polar surface area (TPSA) is 78.3 Å². The lowest BCUT2D eigenvalue weighted by atomic mass is 9.97. The molecule has 0 spiro atoms. The van der Waals surface area contributed by atoms with Crippen LogP contribution in [-0.2, 0) is 11.0 Å². The summed E-state index contributed by atoms with van der Waals surface area (Å²) >= 11 is 0. The minimum Gasteiger partial charge on any atom is -0.493 e. The fourth-order valence-corrected chi connectivity index (χ4v) is 1.57. The molecular weight excluding hydrogens is 273 g/mol. The fraction of sp³-hybridized carbons (Fsp3) is 0.462. The molecule has 0 saturated heterocycles. The number of para-hydroxylation sites is 1. The number of benzene rings is 1. The summed E-state index contributed by atoms with van der Waals surface area (Å²) in [5, 5.41) is 0. The van der Waals surface area contributed by atoms with E-state index in [2.05, 4.69) is 0 Å². The maximum absolute atomic E-state index is 12.7. The summed E-state index contributed by atoms with van der Waals surface area (Å²) < 4.78 is 43.2. The van der Waals surface area contributed by atoms with E-state index in [4.69, 9.17) is 16.2 Å². The van der Waals surface area contributed by atoms with Crippen LogP contribution in [0.5, 0.6) is 5.75 Å². The maximum Gasteiger partial charge on any atom is 0.419 e. The maximum atomic E-state index is 12.7. The van der Waals surface area contributed by atoms with E-state index >= 15 is 0 Å². The van der Waals surface area contributed by atoms with Crippen molar-refractivity contribution in [1.29, 1.82) is 0 Å². The quantitative estimate of drug-likeness (QED) is 0.787. The number of amides is 1. The molecule has 0 aliphatic carbocycles. The van der Waals surface area contributed by atoms with Gasteiger partial charge in [0.15, 0.2) is 0 Å². The highest BCUT2D eigenvalue weighted by molar-refractivity contribution is 5.83. The smallest absolute Gasteiger partial charge is 0.419 e. The minimum atomic E-state index is -4.47. The van der Waals surface area contributed by atoms with Gasteiger partial charge in [0.05, 0.1) is 17.7 Å². The number of carbonyl (C=O) groups is 1. The fourth-order valence-electron chi connectivity index (χ4n) is 1.57. The van der Waals surface area contributed by atoms with Crippen molar-refractivity contribution in [3.8, 4) is 5.75 Å². The molecular formula is C13H17F3N2O2. The molecule has 0 saturated carbocycles. The molecule has 1 rings (SSSR count). The lowest BCUT2D eigenvalue weighted by Crippen LogP contribution is -2.49. The minimum absolute atomic E-state index is 0.0210. The van der Waals surface area contributed by atoms with E-state index < -0.39 is 23.2 Å². The molecule has 0 aliphatic rings. The Morgan fingerprint density at radius 2 is 1.90 bits per heavy atom. The average molecular weight is 290 g/mol. The number of hydrogen-bond donors (Lipinski definition) is 2. The Labute approximate surface area is 114 Å². The van der Waals surface area contributed by atoms with Gasteiger partial charge in [0.1, 0.15) is 5.75 Å². The van der Waals surface area contributed by atoms with Crippen molar-refractivity contribution >= 4 is 5.91 Å². The van der Waals surface area contributed by atoms with Crippen LogP contribution >= 0.6 is 0 Å². The Bertz CT molecular complexity index is 473. The zero-order valence-corrected chi connectivity index (χ0v) is 11.0. The number of hydrogen-bond acceptors (Lipinski definition) is 3. The first-order valence-electron chi connectivity index (χ1n) is 6.02. The van der Waals surface area contributed by atoms with Crippen LogP contribution in [0.4, 0.5) is 13.2 Å². The zero-order chi connectivity index (χ0) is 15.4. The van der Waals surface area contributed by atoms with Crippen LogP contribution in [0, 0.1) is 0 Å². The molecule has 7 heteroatoms. The summed E-state index contributed by atoms with van der Waals surface area (Å²) in [4.78, 5) is 11.0. The molecule has 0 aliphatic heterocycles. The van der Waals surface area contributed by atoms with Gasteiger partial charge in [-0.25, -0.2) is 0 Å². The largest absolute Gasteiger partial charge is 0.493 e. The third-order valence-corrected chi connectivity index (χ3v) is 2.85. The lowest BCUT2D eigenvalue weighted by molar-refractivity contribution is -0.139. The molecule has 0 fully saturated rings. The van der Waals surface area contributed by atoms with E-state index in [1.165, 1.54) is 25.1 Å².